The summed E-state index contributed by atoms with van der Waals surface area (Å²) in [6.45, 7) is 5.36. The predicted octanol–water partition coefficient (Wildman–Crippen LogP) is 1.52. The van der Waals surface area contributed by atoms with Gasteiger partial charge in [-0.3, -0.25) is 5.43 Å². The molecule has 1 amide bonds. The molecule has 0 aliphatic rings. The lowest BCUT2D eigenvalue weighted by atomic mass is 10.2. The second-order valence-corrected chi connectivity index (χ2v) is 4.23. The third-order valence-electron chi connectivity index (χ3n) is 1.48. The van der Waals surface area contributed by atoms with Crippen molar-refractivity contribution < 1.29 is 9.53 Å². The Morgan fingerprint density at radius 3 is 2.62 bits per heavy atom. The van der Waals surface area contributed by atoms with Gasteiger partial charge >= 0.3 is 6.09 Å². The van der Waals surface area contributed by atoms with Gasteiger partial charge in [-0.2, -0.15) is 0 Å². The molecule has 0 aliphatic heterocycles. The van der Waals surface area contributed by atoms with Crippen LogP contribution < -0.4 is 16.6 Å². The molecule has 1 heterocycles. The average molecular weight is 224 g/mol. The van der Waals surface area contributed by atoms with Crippen molar-refractivity contribution in [2.45, 2.75) is 26.4 Å². The molecule has 4 N–H and O–H groups in total. The zero-order valence-electron chi connectivity index (χ0n) is 9.57. The average Bonchev–Trinajstić information content (AvgIpc) is 2.14. The molecule has 6 nitrogen and oxygen atoms in total. The van der Waals surface area contributed by atoms with Gasteiger partial charge in [0.1, 0.15) is 11.4 Å². The van der Waals surface area contributed by atoms with Crippen LogP contribution >= 0.6 is 0 Å². The van der Waals surface area contributed by atoms with Crippen molar-refractivity contribution in [3.8, 4) is 0 Å². The summed E-state index contributed by atoms with van der Waals surface area (Å²) in [4.78, 5) is 15.2. The first kappa shape index (κ1) is 12.1. The molecule has 0 aromatic carbocycles. The maximum atomic E-state index is 11.3. The molecule has 1 rings (SSSR count). The van der Waals surface area contributed by atoms with E-state index in [4.69, 9.17) is 10.5 Å². The summed E-state index contributed by atoms with van der Waals surface area (Å²) >= 11 is 0. The Kier molecular flexibility index (Phi) is 3.55. The number of carbonyl (C=O) groups is 1. The number of hydrogen-bond donors (Lipinski definition) is 3. The van der Waals surface area contributed by atoms with Gasteiger partial charge in [0.15, 0.2) is 0 Å². The molecular formula is C10H16N4O2. The SMILES string of the molecule is CC(C)(C)OC(=O)NNc1ccc(N)cn1. The van der Waals surface area contributed by atoms with Gasteiger partial charge in [0.2, 0.25) is 0 Å². The number of anilines is 2. The molecule has 16 heavy (non-hydrogen) atoms. The van der Waals surface area contributed by atoms with Crippen LogP contribution in [0, 0.1) is 0 Å². The van der Waals surface area contributed by atoms with Crippen molar-refractivity contribution in [2.75, 3.05) is 11.2 Å². The number of nitrogen functional groups attached to an aromatic ring is 1. The molecular weight excluding hydrogens is 208 g/mol. The van der Waals surface area contributed by atoms with E-state index < -0.39 is 11.7 Å². The Morgan fingerprint density at radius 2 is 2.12 bits per heavy atom. The van der Waals surface area contributed by atoms with Crippen LogP contribution in [-0.4, -0.2) is 16.7 Å². The third kappa shape index (κ3) is 4.50. The Bertz CT molecular complexity index is 356. The summed E-state index contributed by atoms with van der Waals surface area (Å²) in [5.74, 6) is 0.486. The molecule has 1 aromatic heterocycles. The molecule has 0 fully saturated rings. The minimum absolute atomic E-state index is 0.486. The first-order valence-corrected chi connectivity index (χ1v) is 4.83. The number of nitrogens with one attached hydrogen (secondary N) is 2. The molecule has 6 heteroatoms. The van der Waals surface area contributed by atoms with Gasteiger partial charge in [0.25, 0.3) is 0 Å². The summed E-state index contributed by atoms with van der Waals surface area (Å²) in [6.07, 6.45) is 0.921. The lowest BCUT2D eigenvalue weighted by Gasteiger charge is -2.19. The first-order valence-electron chi connectivity index (χ1n) is 4.83. The van der Waals surface area contributed by atoms with Gasteiger partial charge < -0.3 is 10.5 Å². The number of hydrogen-bond acceptors (Lipinski definition) is 5. The Balaban J connectivity index is 2.40. The zero-order chi connectivity index (χ0) is 12.2. The van der Waals surface area contributed by atoms with Crippen LogP contribution in [0.2, 0.25) is 0 Å². The number of rotatable bonds is 2. The zero-order valence-corrected chi connectivity index (χ0v) is 9.57. The van der Waals surface area contributed by atoms with Crippen molar-refractivity contribution in [3.63, 3.8) is 0 Å². The van der Waals surface area contributed by atoms with Gasteiger partial charge in [-0.15, -0.1) is 0 Å². The first-order chi connectivity index (χ1) is 7.37. The smallest absolute Gasteiger partial charge is 0.426 e. The number of nitrogens with two attached hydrogens (primary N) is 1. The standard InChI is InChI=1S/C10H16N4O2/c1-10(2,3)16-9(15)14-13-8-5-4-7(11)6-12-8/h4-6H,11H2,1-3H3,(H,12,13)(H,14,15). The van der Waals surface area contributed by atoms with Gasteiger partial charge in [0, 0.05) is 0 Å². The Morgan fingerprint density at radius 1 is 1.44 bits per heavy atom. The monoisotopic (exact) mass is 224 g/mol. The number of ether oxygens (including phenoxy) is 1. The molecule has 88 valence electrons. The lowest BCUT2D eigenvalue weighted by Crippen LogP contribution is -2.36. The van der Waals surface area contributed by atoms with Crippen LogP contribution in [0.25, 0.3) is 0 Å². The Labute approximate surface area is 94.2 Å². The highest BCUT2D eigenvalue weighted by Gasteiger charge is 2.15. The molecule has 1 aromatic rings. The second kappa shape index (κ2) is 4.69. The second-order valence-electron chi connectivity index (χ2n) is 4.23. The van der Waals surface area contributed by atoms with Gasteiger partial charge in [-0.25, -0.2) is 15.2 Å². The molecule has 0 atom stereocenters. The minimum Gasteiger partial charge on any atom is -0.443 e. The highest BCUT2D eigenvalue weighted by atomic mass is 16.6. The highest BCUT2D eigenvalue weighted by Crippen LogP contribution is 2.07. The number of carbonyl (C=O) groups excluding carboxylic acids is 1. The van der Waals surface area contributed by atoms with E-state index in [0.717, 1.165) is 0 Å². The van der Waals surface area contributed by atoms with Crippen LogP contribution in [0.4, 0.5) is 16.3 Å². The van der Waals surface area contributed by atoms with Crippen LogP contribution in [0.5, 0.6) is 0 Å². The number of pyridine rings is 1. The summed E-state index contributed by atoms with van der Waals surface area (Å²) in [6, 6.07) is 3.32. The maximum absolute atomic E-state index is 11.3. The fraction of sp³-hybridized carbons (Fsp3) is 0.400. The summed E-state index contributed by atoms with van der Waals surface area (Å²) < 4.78 is 5.02. The van der Waals surface area contributed by atoms with Crippen LogP contribution in [-0.2, 0) is 4.74 Å². The van der Waals surface area contributed by atoms with E-state index in [2.05, 4.69) is 15.8 Å². The van der Waals surface area contributed by atoms with Crippen LogP contribution in [0.3, 0.4) is 0 Å². The van der Waals surface area contributed by atoms with Crippen molar-refractivity contribution >= 4 is 17.6 Å². The summed E-state index contributed by atoms with van der Waals surface area (Å²) in [5.41, 5.74) is 10.5. The van der Waals surface area contributed by atoms with Crippen LogP contribution in [0.1, 0.15) is 20.8 Å². The molecule has 0 saturated carbocycles. The van der Waals surface area contributed by atoms with Gasteiger partial charge in [0.05, 0.1) is 11.9 Å². The van der Waals surface area contributed by atoms with Crippen molar-refractivity contribution in [3.05, 3.63) is 18.3 Å². The van der Waals surface area contributed by atoms with E-state index in [1.807, 2.05) is 0 Å². The van der Waals surface area contributed by atoms with E-state index in [1.54, 1.807) is 32.9 Å². The minimum atomic E-state index is -0.564. The van der Waals surface area contributed by atoms with Crippen LogP contribution in [0.15, 0.2) is 18.3 Å². The largest absolute Gasteiger partial charge is 0.443 e. The Hall–Kier alpha value is -1.98. The third-order valence-corrected chi connectivity index (χ3v) is 1.48. The van der Waals surface area contributed by atoms with E-state index >= 15 is 0 Å². The molecule has 0 spiro atoms. The molecule has 0 bridgehead atoms. The number of nitrogens with zero attached hydrogens (tertiary/aromatic N) is 1. The van der Waals surface area contributed by atoms with Gasteiger partial charge in [-0.1, -0.05) is 0 Å². The number of aromatic nitrogens is 1. The summed E-state index contributed by atoms with van der Waals surface area (Å²) in [7, 11) is 0. The van der Waals surface area contributed by atoms with Gasteiger partial charge in [-0.05, 0) is 32.9 Å². The fourth-order valence-electron chi connectivity index (χ4n) is 0.898. The van der Waals surface area contributed by atoms with Crippen molar-refractivity contribution in [2.24, 2.45) is 0 Å². The quantitative estimate of drug-likeness (QED) is 0.663. The molecule has 0 unspecified atom stereocenters. The lowest BCUT2D eigenvalue weighted by molar-refractivity contribution is 0.0541. The van der Waals surface area contributed by atoms with Crippen molar-refractivity contribution in [1.29, 1.82) is 0 Å². The predicted molar refractivity (Wildman–Crippen MR) is 61.6 cm³/mol. The topological polar surface area (TPSA) is 89.3 Å². The van der Waals surface area contributed by atoms with E-state index in [-0.39, 0.29) is 0 Å². The van der Waals surface area contributed by atoms with E-state index in [0.29, 0.717) is 11.5 Å². The highest BCUT2D eigenvalue weighted by molar-refractivity contribution is 5.69. The molecule has 0 saturated heterocycles. The van der Waals surface area contributed by atoms with E-state index in [1.165, 1.54) is 6.20 Å². The molecule has 0 radical (unpaired) electrons. The number of hydrazine groups is 1. The fourth-order valence-corrected chi connectivity index (χ4v) is 0.898. The normalized spacial score (nSPS) is 10.7. The summed E-state index contributed by atoms with van der Waals surface area (Å²) in [5, 5.41) is 0. The molecule has 0 aliphatic carbocycles. The number of amides is 1. The van der Waals surface area contributed by atoms with Crippen molar-refractivity contribution in [1.82, 2.24) is 10.4 Å². The maximum Gasteiger partial charge on any atom is 0.426 e. The van der Waals surface area contributed by atoms with E-state index in [9.17, 15) is 4.79 Å².